The maximum atomic E-state index is 5.80. The van der Waals surface area contributed by atoms with Gasteiger partial charge < -0.3 is 4.74 Å². The van der Waals surface area contributed by atoms with Crippen LogP contribution in [0.3, 0.4) is 0 Å². The summed E-state index contributed by atoms with van der Waals surface area (Å²) < 4.78 is 5.09. The Kier molecular flexibility index (Phi) is 6.26. The van der Waals surface area contributed by atoms with Crippen molar-refractivity contribution >= 4 is 40.5 Å². The summed E-state index contributed by atoms with van der Waals surface area (Å²) in [5.41, 5.74) is 0. The summed E-state index contributed by atoms with van der Waals surface area (Å²) in [5, 5.41) is 0. The van der Waals surface area contributed by atoms with Gasteiger partial charge in [0.05, 0.1) is 6.61 Å². The molecule has 0 radical (unpaired) electrons. The van der Waals surface area contributed by atoms with Gasteiger partial charge in [-0.1, -0.05) is 0 Å². The quantitative estimate of drug-likeness (QED) is 0.300. The summed E-state index contributed by atoms with van der Waals surface area (Å²) >= 11 is 17.0. The molecule has 0 N–H and O–H groups in total. The number of rotatable bonds is 5. The van der Waals surface area contributed by atoms with Crippen molar-refractivity contribution in [1.82, 2.24) is 0 Å². The Labute approximate surface area is 77.0 Å². The molecule has 0 aromatic carbocycles. The molecule has 0 aromatic heterocycles. The summed E-state index contributed by atoms with van der Waals surface area (Å²) in [4.78, 5) is 0. The molecule has 0 aromatic rings. The molecule has 0 saturated carbocycles. The van der Waals surface area contributed by atoms with Crippen LogP contribution in [0, 0.1) is 0 Å². The van der Waals surface area contributed by atoms with Gasteiger partial charge in [0.1, 0.15) is 0 Å². The van der Waals surface area contributed by atoms with Gasteiger partial charge in [-0.05, 0) is 12.6 Å². The molecule has 0 aliphatic carbocycles. The minimum atomic E-state index is -1.93. The third-order valence-electron chi connectivity index (χ3n) is 0.907. The molecule has 0 fully saturated rings. The van der Waals surface area contributed by atoms with Crippen LogP contribution in [0.1, 0.15) is 0 Å². The first-order valence-electron chi connectivity index (χ1n) is 3.08. The first-order valence-corrected chi connectivity index (χ1v) is 8.34. The van der Waals surface area contributed by atoms with Gasteiger partial charge in [0.2, 0.25) is 0 Å². The smallest absolute Gasteiger partial charge is 0.250 e. The Morgan fingerprint density at radius 3 is 2.30 bits per heavy atom. The molecule has 0 saturated heterocycles. The zero-order valence-electron chi connectivity index (χ0n) is 5.87. The fourth-order valence-electron chi connectivity index (χ4n) is 0.408. The zero-order valence-corrected chi connectivity index (χ0v) is 9.14. The van der Waals surface area contributed by atoms with E-state index in [1.165, 1.54) is 0 Å². The van der Waals surface area contributed by atoms with E-state index in [0.717, 1.165) is 6.04 Å². The second-order valence-electron chi connectivity index (χ2n) is 2.12. The lowest BCUT2D eigenvalue weighted by Crippen LogP contribution is -2.15. The van der Waals surface area contributed by atoms with Gasteiger partial charge in [0.25, 0.3) is 6.69 Å². The van der Waals surface area contributed by atoms with Crippen LogP contribution in [-0.4, -0.2) is 25.8 Å². The van der Waals surface area contributed by atoms with Gasteiger partial charge in [-0.25, -0.2) is 0 Å². The van der Waals surface area contributed by atoms with Gasteiger partial charge in [0.15, 0.2) is 0 Å². The van der Waals surface area contributed by atoms with Crippen molar-refractivity contribution in [3.05, 3.63) is 0 Å². The molecule has 0 heterocycles. The number of halogens is 3. The lowest BCUT2D eigenvalue weighted by atomic mass is 10.8. The lowest BCUT2D eigenvalue weighted by molar-refractivity contribution is 0.163. The minimum absolute atomic E-state index is 0.531. The van der Waals surface area contributed by atoms with Crippen LogP contribution < -0.4 is 0 Å². The van der Waals surface area contributed by atoms with E-state index < -0.39 is 6.69 Å². The van der Waals surface area contributed by atoms with E-state index in [9.17, 15) is 0 Å². The van der Waals surface area contributed by atoms with Crippen LogP contribution in [0.15, 0.2) is 0 Å². The van der Waals surface area contributed by atoms with Crippen LogP contribution in [0.5, 0.6) is 0 Å². The molecule has 10 heavy (non-hydrogen) atoms. The topological polar surface area (TPSA) is 9.23 Å². The Morgan fingerprint density at radius 1 is 1.30 bits per heavy atom. The van der Waals surface area contributed by atoms with Crippen LogP contribution >= 0.6 is 33.8 Å². The lowest BCUT2D eigenvalue weighted by Gasteiger charge is -2.08. The van der Waals surface area contributed by atoms with E-state index in [2.05, 4.69) is 0 Å². The maximum Gasteiger partial charge on any atom is 0.250 e. The summed E-state index contributed by atoms with van der Waals surface area (Å²) in [6, 6.07) is 0.771. The highest BCUT2D eigenvalue weighted by atomic mass is 35.7. The van der Waals surface area contributed by atoms with Gasteiger partial charge in [0, 0.05) is 12.5 Å². The summed E-state index contributed by atoms with van der Waals surface area (Å²) in [6.07, 6.45) is 0. The second-order valence-corrected chi connectivity index (χ2v) is 10.7. The molecular weight excluding hydrogens is 210 g/mol. The van der Waals surface area contributed by atoms with Crippen molar-refractivity contribution in [2.24, 2.45) is 0 Å². The zero-order chi connectivity index (χ0) is 8.04. The highest BCUT2D eigenvalue weighted by molar-refractivity contribution is 7.44. The molecule has 0 unspecified atom stereocenters. The number of hydrogen-bond acceptors (Lipinski definition) is 1. The Bertz CT molecular complexity index is 83.5. The summed E-state index contributed by atoms with van der Waals surface area (Å²) in [7, 11) is 0. The SMILES string of the molecule is C[Si](Cl)(Cl)CCOCCCl. The monoisotopic (exact) mass is 220 g/mol. The fourth-order valence-corrected chi connectivity index (χ4v) is 1.48. The number of ether oxygens (including phenoxy) is 1. The van der Waals surface area contributed by atoms with Gasteiger partial charge in [-0.15, -0.1) is 33.8 Å². The average Bonchev–Trinajstić information content (AvgIpc) is 1.78. The predicted octanol–water partition coefficient (Wildman–Crippen LogP) is 2.79. The van der Waals surface area contributed by atoms with Crippen LogP contribution in [0.25, 0.3) is 0 Å². The predicted molar refractivity (Wildman–Crippen MR) is 49.7 cm³/mol. The van der Waals surface area contributed by atoms with E-state index in [0.29, 0.717) is 19.1 Å². The number of alkyl halides is 1. The summed E-state index contributed by atoms with van der Waals surface area (Å²) in [5.74, 6) is 0.531. The van der Waals surface area contributed by atoms with Crippen molar-refractivity contribution in [1.29, 1.82) is 0 Å². The van der Waals surface area contributed by atoms with Crippen molar-refractivity contribution in [3.8, 4) is 0 Å². The molecule has 0 amide bonds. The van der Waals surface area contributed by atoms with Crippen molar-refractivity contribution in [2.75, 3.05) is 19.1 Å². The first kappa shape index (κ1) is 11.0. The molecule has 1 nitrogen and oxygen atoms in total. The third-order valence-corrected chi connectivity index (χ3v) is 3.28. The van der Waals surface area contributed by atoms with E-state index >= 15 is 0 Å². The third kappa shape index (κ3) is 9.05. The highest BCUT2D eigenvalue weighted by Crippen LogP contribution is 2.18. The van der Waals surface area contributed by atoms with Crippen LogP contribution in [0.2, 0.25) is 12.6 Å². The molecule has 0 spiro atoms. The molecule has 0 aliphatic heterocycles. The largest absolute Gasteiger partial charge is 0.380 e. The highest BCUT2D eigenvalue weighted by Gasteiger charge is 2.19. The fraction of sp³-hybridized carbons (Fsp3) is 1.00. The standard InChI is InChI=1S/C5H11Cl3OSi/c1-10(7,8)5-4-9-3-2-6/h2-5H2,1H3. The van der Waals surface area contributed by atoms with E-state index in [-0.39, 0.29) is 0 Å². The van der Waals surface area contributed by atoms with Crippen LogP contribution in [0.4, 0.5) is 0 Å². The molecular formula is C5H11Cl3OSi. The molecule has 0 rings (SSSR count). The summed E-state index contributed by atoms with van der Waals surface area (Å²) in [6.45, 7) is 1.15. The normalized spacial score (nSPS) is 12.0. The molecule has 5 heteroatoms. The molecule has 0 bridgehead atoms. The Hall–Kier alpha value is 1.05. The van der Waals surface area contributed by atoms with Crippen LogP contribution in [-0.2, 0) is 4.74 Å². The second kappa shape index (κ2) is 5.67. The maximum absolute atomic E-state index is 5.80. The molecule has 0 aliphatic rings. The van der Waals surface area contributed by atoms with E-state index in [1.54, 1.807) is 0 Å². The first-order chi connectivity index (χ1) is 4.56. The van der Waals surface area contributed by atoms with E-state index in [1.807, 2.05) is 6.55 Å². The Balaban J connectivity index is 3.04. The van der Waals surface area contributed by atoms with Crippen molar-refractivity contribution in [3.63, 3.8) is 0 Å². The number of hydrogen-bond donors (Lipinski definition) is 0. The van der Waals surface area contributed by atoms with Gasteiger partial charge in [-0.2, -0.15) is 0 Å². The van der Waals surface area contributed by atoms with Gasteiger partial charge in [-0.3, -0.25) is 0 Å². The van der Waals surface area contributed by atoms with E-state index in [4.69, 9.17) is 38.5 Å². The molecule has 62 valence electrons. The molecule has 0 atom stereocenters. The van der Waals surface area contributed by atoms with Crippen molar-refractivity contribution < 1.29 is 4.74 Å². The minimum Gasteiger partial charge on any atom is -0.380 e. The Morgan fingerprint density at radius 2 is 1.90 bits per heavy atom. The average molecular weight is 222 g/mol. The van der Waals surface area contributed by atoms with Crippen molar-refractivity contribution in [2.45, 2.75) is 12.6 Å². The van der Waals surface area contributed by atoms with Gasteiger partial charge >= 0.3 is 0 Å².